The first kappa shape index (κ1) is 18.0. The van der Waals surface area contributed by atoms with Crippen LogP contribution in [0, 0.1) is 0 Å². The predicted octanol–water partition coefficient (Wildman–Crippen LogP) is 1.17. The predicted molar refractivity (Wildman–Crippen MR) is 97.2 cm³/mol. The van der Waals surface area contributed by atoms with Gasteiger partial charge in [-0.3, -0.25) is 4.99 Å². The zero-order chi connectivity index (χ0) is 16.7. The summed E-state index contributed by atoms with van der Waals surface area (Å²) in [5.41, 5.74) is 0.818. The number of aliphatic imine (C=N–C) groups is 1. The van der Waals surface area contributed by atoms with Crippen molar-refractivity contribution in [3.63, 3.8) is 0 Å². The fraction of sp³-hybridized carbons (Fsp3) is 0.688. The van der Waals surface area contributed by atoms with Crippen molar-refractivity contribution in [3.05, 3.63) is 17.7 Å². The van der Waals surface area contributed by atoms with Crippen LogP contribution in [0.2, 0.25) is 0 Å². The topological polar surface area (TPSA) is 56.9 Å². The first-order valence-corrected chi connectivity index (χ1v) is 8.67. The minimum absolute atomic E-state index is 0.0100. The lowest BCUT2D eigenvalue weighted by Crippen LogP contribution is -2.43. The molecule has 7 heteroatoms. The summed E-state index contributed by atoms with van der Waals surface area (Å²) in [5.74, 6) is 0.771. The molecule has 0 radical (unpaired) electrons. The largest absolute Gasteiger partial charge is 0.390 e. The molecule has 1 aliphatic rings. The van der Waals surface area contributed by atoms with Crippen LogP contribution in [0.5, 0.6) is 0 Å². The Kier molecular flexibility index (Phi) is 7.14. The average molecular weight is 337 g/mol. The molecule has 1 aliphatic heterocycles. The molecular formula is C16H27N5OS. The number of nitrogens with zero attached hydrogens (tertiary/aromatic N) is 5. The molecule has 0 bridgehead atoms. The van der Waals surface area contributed by atoms with Crippen LogP contribution in [0.15, 0.2) is 11.2 Å². The van der Waals surface area contributed by atoms with Crippen molar-refractivity contribution in [1.29, 1.82) is 0 Å². The van der Waals surface area contributed by atoms with Crippen molar-refractivity contribution in [3.8, 4) is 0 Å². The Labute approximate surface area is 143 Å². The molecule has 0 aliphatic carbocycles. The summed E-state index contributed by atoms with van der Waals surface area (Å²) in [6, 6.07) is 0. The number of imidazole rings is 1. The van der Waals surface area contributed by atoms with Gasteiger partial charge >= 0.3 is 0 Å². The van der Waals surface area contributed by atoms with E-state index in [2.05, 4.69) is 33.7 Å². The smallest absolute Gasteiger partial charge is 0.148 e. The molecule has 1 saturated heterocycles. The molecule has 1 fully saturated rings. The van der Waals surface area contributed by atoms with Crippen LogP contribution >= 0.6 is 12.2 Å². The van der Waals surface area contributed by atoms with Crippen molar-refractivity contribution in [2.45, 2.75) is 32.9 Å². The maximum Gasteiger partial charge on any atom is 0.148 e. The minimum Gasteiger partial charge on any atom is -0.390 e. The van der Waals surface area contributed by atoms with E-state index >= 15 is 0 Å². The van der Waals surface area contributed by atoms with Crippen LogP contribution < -0.4 is 0 Å². The quantitative estimate of drug-likeness (QED) is 0.334. The van der Waals surface area contributed by atoms with Crippen molar-refractivity contribution in [1.82, 2.24) is 19.4 Å². The van der Waals surface area contributed by atoms with Crippen LogP contribution in [0.4, 0.5) is 0 Å². The molecule has 6 nitrogen and oxygen atoms in total. The Bertz CT molecular complexity index is 535. The van der Waals surface area contributed by atoms with Gasteiger partial charge in [0.05, 0.1) is 36.2 Å². The van der Waals surface area contributed by atoms with Crippen LogP contribution in [-0.2, 0) is 13.2 Å². The number of unbranched alkanes of at least 4 members (excludes halogenated alkanes) is 1. The summed E-state index contributed by atoms with van der Waals surface area (Å²) < 4.78 is 2.03. The van der Waals surface area contributed by atoms with Crippen LogP contribution in [0.3, 0.4) is 0 Å². The lowest BCUT2D eigenvalue weighted by atomic mass is 10.3. The first-order chi connectivity index (χ1) is 11.2. The van der Waals surface area contributed by atoms with E-state index in [1.807, 2.05) is 10.9 Å². The Morgan fingerprint density at radius 1 is 1.39 bits per heavy atom. The molecule has 0 atom stereocenters. The van der Waals surface area contributed by atoms with Gasteiger partial charge in [-0.15, -0.1) is 0 Å². The van der Waals surface area contributed by atoms with E-state index in [0.717, 1.165) is 61.9 Å². The van der Waals surface area contributed by atoms with E-state index in [1.54, 1.807) is 6.20 Å². The summed E-state index contributed by atoms with van der Waals surface area (Å²) in [5, 5.41) is 9.44. The zero-order valence-electron chi connectivity index (χ0n) is 14.1. The SMILES string of the molecule is CCCCn1c(CO)cnc1C(=S)CN=CN1CCN(C)CC1. The Morgan fingerprint density at radius 3 is 2.78 bits per heavy atom. The van der Waals surface area contributed by atoms with Gasteiger partial charge in [-0.1, -0.05) is 25.6 Å². The van der Waals surface area contributed by atoms with Gasteiger partial charge in [0.2, 0.25) is 0 Å². The molecule has 128 valence electrons. The third-order valence-corrected chi connectivity index (χ3v) is 4.41. The minimum atomic E-state index is -0.0100. The van der Waals surface area contributed by atoms with Gasteiger partial charge in [-0.2, -0.15) is 0 Å². The first-order valence-electron chi connectivity index (χ1n) is 8.26. The van der Waals surface area contributed by atoms with Crippen LogP contribution in [0.25, 0.3) is 0 Å². The van der Waals surface area contributed by atoms with Gasteiger partial charge in [-0.05, 0) is 13.5 Å². The Hall–Kier alpha value is -1.31. The number of thiocarbonyl (C=S) groups is 1. The van der Waals surface area contributed by atoms with Crippen molar-refractivity contribution in [2.75, 3.05) is 39.8 Å². The van der Waals surface area contributed by atoms with E-state index in [-0.39, 0.29) is 6.61 Å². The highest BCUT2D eigenvalue weighted by atomic mass is 32.1. The average Bonchev–Trinajstić information content (AvgIpc) is 2.97. The standard InChI is InChI=1S/C16H27N5OS/c1-3-4-5-21-14(12-22)10-18-16(21)15(23)11-17-13-20-8-6-19(2)7-9-20/h10,13,22H,3-9,11-12H2,1-2H3. The van der Waals surface area contributed by atoms with E-state index in [1.165, 1.54) is 0 Å². The second-order valence-corrected chi connectivity index (χ2v) is 6.45. The normalized spacial score (nSPS) is 16.4. The van der Waals surface area contributed by atoms with Crippen molar-refractivity contribution < 1.29 is 5.11 Å². The fourth-order valence-corrected chi connectivity index (χ4v) is 2.81. The molecule has 1 aromatic heterocycles. The van der Waals surface area contributed by atoms with Crippen molar-refractivity contribution >= 4 is 23.4 Å². The monoisotopic (exact) mass is 337 g/mol. The van der Waals surface area contributed by atoms with E-state index in [9.17, 15) is 5.11 Å². The summed E-state index contributed by atoms with van der Waals surface area (Å²) in [6.45, 7) is 7.59. The van der Waals surface area contributed by atoms with Gasteiger partial charge in [0, 0.05) is 32.7 Å². The lowest BCUT2D eigenvalue weighted by Gasteiger charge is -2.30. The summed E-state index contributed by atoms with van der Waals surface area (Å²) >= 11 is 5.50. The maximum absolute atomic E-state index is 9.44. The zero-order valence-corrected chi connectivity index (χ0v) is 14.9. The lowest BCUT2D eigenvalue weighted by molar-refractivity contribution is 0.219. The number of aliphatic hydroxyl groups excluding tert-OH is 1. The third kappa shape index (κ3) is 5.09. The molecule has 23 heavy (non-hydrogen) atoms. The van der Waals surface area contributed by atoms with Crippen LogP contribution in [-0.4, -0.2) is 75.4 Å². The highest BCUT2D eigenvalue weighted by Crippen LogP contribution is 2.10. The molecule has 0 amide bonds. The number of hydrogen-bond acceptors (Lipinski definition) is 5. The number of piperazine rings is 1. The van der Waals surface area contributed by atoms with Gasteiger partial charge in [0.25, 0.3) is 0 Å². The Balaban J connectivity index is 1.93. The van der Waals surface area contributed by atoms with Gasteiger partial charge in [0.1, 0.15) is 5.82 Å². The summed E-state index contributed by atoms with van der Waals surface area (Å²) in [6.07, 6.45) is 5.76. The number of aromatic nitrogens is 2. The maximum atomic E-state index is 9.44. The number of aliphatic hydroxyl groups is 1. The number of hydrogen-bond donors (Lipinski definition) is 1. The van der Waals surface area contributed by atoms with Gasteiger partial charge < -0.3 is 19.5 Å². The molecule has 1 aromatic rings. The van der Waals surface area contributed by atoms with E-state index < -0.39 is 0 Å². The second kappa shape index (κ2) is 9.10. The third-order valence-electron chi connectivity index (χ3n) is 4.10. The molecule has 2 heterocycles. The summed E-state index contributed by atoms with van der Waals surface area (Å²) in [7, 11) is 2.14. The fourth-order valence-electron chi connectivity index (χ4n) is 2.57. The molecule has 0 unspecified atom stereocenters. The molecule has 0 saturated carbocycles. The summed E-state index contributed by atoms with van der Waals surface area (Å²) in [4.78, 5) is 14.1. The van der Waals surface area contributed by atoms with Crippen molar-refractivity contribution in [2.24, 2.45) is 4.99 Å². The Morgan fingerprint density at radius 2 is 2.13 bits per heavy atom. The molecule has 1 N–H and O–H groups in total. The molecule has 0 spiro atoms. The molecule has 0 aromatic carbocycles. The van der Waals surface area contributed by atoms with E-state index in [4.69, 9.17) is 12.2 Å². The van der Waals surface area contributed by atoms with E-state index in [0.29, 0.717) is 6.54 Å². The number of likely N-dealkylation sites (N-methyl/N-ethyl adjacent to an activating group) is 1. The highest BCUT2D eigenvalue weighted by molar-refractivity contribution is 7.80. The van der Waals surface area contributed by atoms with Gasteiger partial charge in [0.15, 0.2) is 0 Å². The molecular weight excluding hydrogens is 310 g/mol. The highest BCUT2D eigenvalue weighted by Gasteiger charge is 2.14. The second-order valence-electron chi connectivity index (χ2n) is 5.96. The molecule has 2 rings (SSSR count). The number of rotatable bonds is 8. The van der Waals surface area contributed by atoms with Gasteiger partial charge in [-0.25, -0.2) is 4.98 Å². The van der Waals surface area contributed by atoms with Crippen LogP contribution in [0.1, 0.15) is 31.3 Å².